The lowest BCUT2D eigenvalue weighted by atomic mass is 10.0. The topological polar surface area (TPSA) is 61.9 Å². The van der Waals surface area contributed by atoms with Crippen LogP contribution in [0.1, 0.15) is 42.4 Å². The number of nitrogens with zero attached hydrogens (tertiary/aromatic N) is 3. The Hall–Kier alpha value is -1.83. The number of pyridine rings is 1. The molecule has 0 fully saturated rings. The fourth-order valence-electron chi connectivity index (χ4n) is 3.56. The van der Waals surface area contributed by atoms with Crippen LogP contribution >= 0.6 is 31.9 Å². The van der Waals surface area contributed by atoms with Crippen LogP contribution in [-0.4, -0.2) is 26.4 Å². The van der Waals surface area contributed by atoms with Gasteiger partial charge in [-0.25, -0.2) is 4.98 Å². The van der Waals surface area contributed by atoms with Gasteiger partial charge in [-0.15, -0.1) is 0 Å². The molecule has 4 rings (SSSR count). The molecule has 1 aliphatic heterocycles. The molecule has 0 unspecified atom stereocenters. The van der Waals surface area contributed by atoms with Gasteiger partial charge in [-0.3, -0.25) is 14.7 Å². The number of rotatable bonds is 4. The van der Waals surface area contributed by atoms with Crippen molar-refractivity contribution in [1.82, 2.24) is 19.9 Å². The van der Waals surface area contributed by atoms with E-state index in [-0.39, 0.29) is 11.5 Å². The second-order valence-electron chi connectivity index (χ2n) is 7.70. The van der Waals surface area contributed by atoms with Gasteiger partial charge in [-0.1, -0.05) is 51.8 Å². The van der Waals surface area contributed by atoms with E-state index in [0.29, 0.717) is 6.54 Å². The summed E-state index contributed by atoms with van der Waals surface area (Å²) in [4.78, 5) is 27.0. The minimum Gasteiger partial charge on any atom is -0.310 e. The second-order valence-corrected chi connectivity index (χ2v) is 9.53. The summed E-state index contributed by atoms with van der Waals surface area (Å²) in [5.74, 6) is 1.00. The van der Waals surface area contributed by atoms with Crippen LogP contribution in [0.15, 0.2) is 50.3 Å². The van der Waals surface area contributed by atoms with Crippen molar-refractivity contribution in [1.29, 1.82) is 0 Å². The van der Waals surface area contributed by atoms with Gasteiger partial charge in [0.05, 0.1) is 17.0 Å². The van der Waals surface area contributed by atoms with E-state index in [1.165, 1.54) is 0 Å². The average molecular weight is 518 g/mol. The quantitative estimate of drug-likeness (QED) is 0.526. The molecule has 0 aliphatic carbocycles. The van der Waals surface area contributed by atoms with Crippen LogP contribution in [0.3, 0.4) is 0 Å². The van der Waals surface area contributed by atoms with Crippen molar-refractivity contribution >= 4 is 31.9 Å². The Kier molecular flexibility index (Phi) is 5.99. The highest BCUT2D eigenvalue weighted by Crippen LogP contribution is 2.27. The fraction of sp³-hybridized carbons (Fsp3) is 0.318. The Balaban J connectivity index is 1.49. The summed E-state index contributed by atoms with van der Waals surface area (Å²) in [5, 5.41) is 0. The number of aromatic amines is 1. The van der Waals surface area contributed by atoms with E-state index in [0.717, 1.165) is 62.4 Å². The van der Waals surface area contributed by atoms with E-state index in [1.54, 1.807) is 0 Å². The van der Waals surface area contributed by atoms with Gasteiger partial charge in [-0.05, 0) is 29.8 Å². The lowest BCUT2D eigenvalue weighted by molar-refractivity contribution is 0.241. The summed E-state index contributed by atoms with van der Waals surface area (Å²) in [5.41, 5.74) is 4.86. The maximum atomic E-state index is 12.5. The van der Waals surface area contributed by atoms with Gasteiger partial charge >= 0.3 is 0 Å². The van der Waals surface area contributed by atoms with Gasteiger partial charge in [0, 0.05) is 52.7 Å². The number of hydrogen-bond donors (Lipinski definition) is 1. The molecule has 0 spiro atoms. The van der Waals surface area contributed by atoms with Crippen LogP contribution in [0.25, 0.3) is 11.3 Å². The first-order valence-corrected chi connectivity index (χ1v) is 11.2. The number of halogens is 2. The zero-order valence-corrected chi connectivity index (χ0v) is 19.5. The highest BCUT2D eigenvalue weighted by atomic mass is 79.9. The molecule has 150 valence electrons. The summed E-state index contributed by atoms with van der Waals surface area (Å²) in [6.07, 6.45) is 2.72. The number of fused-ring (bicyclic) bond motifs is 1. The van der Waals surface area contributed by atoms with Crippen molar-refractivity contribution < 1.29 is 0 Å². The Morgan fingerprint density at radius 1 is 1.17 bits per heavy atom. The molecular formula is C22H22Br2N4O. The van der Waals surface area contributed by atoms with Crippen molar-refractivity contribution in [3.05, 3.63) is 78.5 Å². The van der Waals surface area contributed by atoms with Crippen LogP contribution in [0, 0.1) is 0 Å². The zero-order valence-electron chi connectivity index (χ0n) is 16.4. The Bertz CT molecular complexity index is 1070. The Labute approximate surface area is 186 Å². The minimum atomic E-state index is -0.00268. The number of nitrogens with one attached hydrogen (secondary N) is 1. The Morgan fingerprint density at radius 3 is 2.59 bits per heavy atom. The van der Waals surface area contributed by atoms with Gasteiger partial charge < -0.3 is 4.98 Å². The lowest BCUT2D eigenvalue weighted by Crippen LogP contribution is -2.36. The molecule has 29 heavy (non-hydrogen) atoms. The first kappa shape index (κ1) is 20.4. The zero-order chi connectivity index (χ0) is 20.5. The van der Waals surface area contributed by atoms with Crippen LogP contribution in [0.2, 0.25) is 0 Å². The molecular weight excluding hydrogens is 496 g/mol. The predicted molar refractivity (Wildman–Crippen MR) is 122 cm³/mol. The molecule has 0 amide bonds. The van der Waals surface area contributed by atoms with E-state index in [1.807, 2.05) is 32.2 Å². The van der Waals surface area contributed by atoms with Crippen molar-refractivity contribution in [3.8, 4) is 11.3 Å². The van der Waals surface area contributed by atoms with Gasteiger partial charge in [0.2, 0.25) is 0 Å². The summed E-state index contributed by atoms with van der Waals surface area (Å²) in [6.45, 7) is 6.37. The predicted octanol–water partition coefficient (Wildman–Crippen LogP) is 5.04. The molecule has 0 radical (unpaired) electrons. The van der Waals surface area contributed by atoms with E-state index in [4.69, 9.17) is 0 Å². The smallest absolute Gasteiger partial charge is 0.255 e. The number of aromatic nitrogens is 3. The highest BCUT2D eigenvalue weighted by molar-refractivity contribution is 9.11. The SMILES string of the molecule is CC(C)c1nc2c(c(=O)[nH]1)CN(Cc1ccc(-c3cc(Br)cc(Br)c3)nc1)CC2. The summed E-state index contributed by atoms with van der Waals surface area (Å²) < 4.78 is 2.03. The van der Waals surface area contributed by atoms with E-state index in [9.17, 15) is 4.79 Å². The molecule has 0 saturated carbocycles. The fourth-order valence-corrected chi connectivity index (χ4v) is 4.85. The second kappa shape index (κ2) is 8.50. The standard InChI is InChI=1S/C22H22Br2N4O/c1-13(2)21-26-20-5-6-28(12-18(20)22(29)27-21)11-14-3-4-19(25-10-14)15-7-16(23)9-17(24)8-15/h3-4,7-10,13H,5-6,11-12H2,1-2H3,(H,26,27,29). The molecule has 1 aromatic carbocycles. The maximum Gasteiger partial charge on any atom is 0.255 e. The molecule has 7 heteroatoms. The minimum absolute atomic E-state index is 0.00268. The summed E-state index contributed by atoms with van der Waals surface area (Å²) in [6, 6.07) is 10.3. The average Bonchev–Trinajstić information content (AvgIpc) is 2.68. The van der Waals surface area contributed by atoms with Gasteiger partial charge in [-0.2, -0.15) is 0 Å². The molecule has 5 nitrogen and oxygen atoms in total. The van der Waals surface area contributed by atoms with Crippen LogP contribution in [-0.2, 0) is 19.5 Å². The molecule has 0 bridgehead atoms. The highest BCUT2D eigenvalue weighted by Gasteiger charge is 2.22. The monoisotopic (exact) mass is 516 g/mol. The molecule has 1 N–H and O–H groups in total. The van der Waals surface area contributed by atoms with Gasteiger partial charge in [0.25, 0.3) is 5.56 Å². The Morgan fingerprint density at radius 2 is 1.93 bits per heavy atom. The lowest BCUT2D eigenvalue weighted by Gasteiger charge is -2.28. The third-order valence-electron chi connectivity index (χ3n) is 5.10. The molecule has 0 saturated heterocycles. The van der Waals surface area contributed by atoms with Crippen molar-refractivity contribution in [2.75, 3.05) is 6.54 Å². The molecule has 0 atom stereocenters. The first-order valence-electron chi connectivity index (χ1n) is 9.65. The molecule has 3 heterocycles. The number of hydrogen-bond acceptors (Lipinski definition) is 4. The normalized spacial score (nSPS) is 14.2. The maximum absolute atomic E-state index is 12.5. The van der Waals surface area contributed by atoms with Crippen LogP contribution < -0.4 is 5.56 Å². The van der Waals surface area contributed by atoms with E-state index < -0.39 is 0 Å². The van der Waals surface area contributed by atoms with Crippen molar-refractivity contribution in [2.24, 2.45) is 0 Å². The molecule has 3 aromatic rings. The van der Waals surface area contributed by atoms with Gasteiger partial charge in [0.1, 0.15) is 5.82 Å². The first-order chi connectivity index (χ1) is 13.9. The third-order valence-corrected chi connectivity index (χ3v) is 6.02. The van der Waals surface area contributed by atoms with Gasteiger partial charge in [0.15, 0.2) is 0 Å². The van der Waals surface area contributed by atoms with E-state index in [2.05, 4.69) is 69.9 Å². The van der Waals surface area contributed by atoms with Crippen molar-refractivity contribution in [2.45, 2.75) is 39.3 Å². The van der Waals surface area contributed by atoms with Crippen LogP contribution in [0.5, 0.6) is 0 Å². The summed E-state index contributed by atoms with van der Waals surface area (Å²) in [7, 11) is 0. The van der Waals surface area contributed by atoms with Crippen molar-refractivity contribution in [3.63, 3.8) is 0 Å². The third kappa shape index (κ3) is 4.68. The largest absolute Gasteiger partial charge is 0.310 e. The molecule has 1 aliphatic rings. The number of benzene rings is 1. The summed E-state index contributed by atoms with van der Waals surface area (Å²) >= 11 is 7.05. The van der Waals surface area contributed by atoms with Crippen LogP contribution in [0.4, 0.5) is 0 Å². The molecule has 2 aromatic heterocycles. The van der Waals surface area contributed by atoms with E-state index >= 15 is 0 Å². The number of H-pyrrole nitrogens is 1.